The molecular formula is C14H13ClN4. The van der Waals surface area contributed by atoms with Crippen LogP contribution in [-0.4, -0.2) is 29.1 Å². The third-order valence-corrected chi connectivity index (χ3v) is 4.17. The fourth-order valence-corrected chi connectivity index (χ4v) is 3.25. The van der Waals surface area contributed by atoms with Crippen molar-refractivity contribution in [2.45, 2.75) is 18.5 Å². The Bertz CT molecular complexity index is 556. The lowest BCUT2D eigenvalue weighted by Crippen LogP contribution is -2.35. The number of nitriles is 2. The molecule has 5 heteroatoms. The van der Waals surface area contributed by atoms with Crippen LogP contribution in [0.15, 0.2) is 24.3 Å². The molecule has 0 bridgehead atoms. The van der Waals surface area contributed by atoms with Gasteiger partial charge in [0.2, 0.25) is 0 Å². The van der Waals surface area contributed by atoms with E-state index in [-0.39, 0.29) is 18.0 Å². The monoisotopic (exact) mass is 272 g/mol. The molecule has 2 heterocycles. The molecule has 3 unspecified atom stereocenters. The number of rotatable bonds is 1. The van der Waals surface area contributed by atoms with Gasteiger partial charge in [0.05, 0.1) is 24.1 Å². The highest BCUT2D eigenvalue weighted by Gasteiger charge is 2.50. The summed E-state index contributed by atoms with van der Waals surface area (Å²) < 4.78 is 0. The Morgan fingerprint density at radius 1 is 1.05 bits per heavy atom. The largest absolute Gasteiger partial charge is 0.232 e. The number of nitrogens with zero attached hydrogens (tertiary/aromatic N) is 4. The van der Waals surface area contributed by atoms with Gasteiger partial charge in [-0.25, -0.2) is 10.0 Å². The third kappa shape index (κ3) is 1.89. The number of benzene rings is 1. The van der Waals surface area contributed by atoms with Gasteiger partial charge in [0.15, 0.2) is 0 Å². The average molecular weight is 273 g/mol. The topological polar surface area (TPSA) is 54.1 Å². The van der Waals surface area contributed by atoms with Gasteiger partial charge in [0.25, 0.3) is 0 Å². The molecule has 0 aromatic heterocycles. The minimum Gasteiger partial charge on any atom is -0.232 e. The molecule has 0 radical (unpaired) electrons. The molecule has 0 saturated carbocycles. The molecule has 2 saturated heterocycles. The lowest BCUT2D eigenvalue weighted by atomic mass is 9.90. The molecule has 0 aliphatic carbocycles. The molecular weight excluding hydrogens is 260 g/mol. The van der Waals surface area contributed by atoms with Gasteiger partial charge < -0.3 is 0 Å². The van der Waals surface area contributed by atoms with E-state index in [9.17, 15) is 10.5 Å². The molecule has 19 heavy (non-hydrogen) atoms. The highest BCUT2D eigenvalue weighted by atomic mass is 35.5. The second-order valence-electron chi connectivity index (χ2n) is 4.90. The maximum atomic E-state index is 9.43. The molecule has 0 amide bonds. The predicted molar refractivity (Wildman–Crippen MR) is 70.7 cm³/mol. The summed E-state index contributed by atoms with van der Waals surface area (Å²) in [5.41, 5.74) is 1.06. The highest BCUT2D eigenvalue weighted by molar-refractivity contribution is 6.30. The van der Waals surface area contributed by atoms with Crippen molar-refractivity contribution in [3.05, 3.63) is 34.9 Å². The van der Waals surface area contributed by atoms with Gasteiger partial charge in [-0.15, -0.1) is 0 Å². The van der Waals surface area contributed by atoms with Crippen molar-refractivity contribution in [1.29, 1.82) is 10.5 Å². The Morgan fingerprint density at radius 3 is 2.37 bits per heavy atom. The van der Waals surface area contributed by atoms with Crippen LogP contribution in [0.5, 0.6) is 0 Å². The van der Waals surface area contributed by atoms with Crippen LogP contribution in [0.4, 0.5) is 0 Å². The Labute approximate surface area is 117 Å². The normalized spacial score (nSPS) is 30.8. The van der Waals surface area contributed by atoms with Crippen molar-refractivity contribution in [1.82, 2.24) is 10.0 Å². The van der Waals surface area contributed by atoms with E-state index in [2.05, 4.69) is 17.1 Å². The predicted octanol–water partition coefficient (Wildman–Crippen LogP) is 2.35. The Kier molecular flexibility index (Phi) is 3.16. The zero-order valence-corrected chi connectivity index (χ0v) is 11.1. The summed E-state index contributed by atoms with van der Waals surface area (Å²) in [5.74, 6) is -0.313. The summed E-state index contributed by atoms with van der Waals surface area (Å²) >= 11 is 5.91. The SMILES string of the molecule is N#CC1C(C#N)N2CCCN2C1c1ccc(Cl)cc1. The molecule has 4 nitrogen and oxygen atoms in total. The summed E-state index contributed by atoms with van der Waals surface area (Å²) in [6.07, 6.45) is 1.04. The minimum atomic E-state index is -0.340. The van der Waals surface area contributed by atoms with Crippen LogP contribution in [0.3, 0.4) is 0 Å². The lowest BCUT2D eigenvalue weighted by Gasteiger charge is -2.25. The molecule has 0 spiro atoms. The minimum absolute atomic E-state index is 0.0329. The number of hydrogen-bond donors (Lipinski definition) is 0. The first-order valence-electron chi connectivity index (χ1n) is 6.34. The summed E-state index contributed by atoms with van der Waals surface area (Å²) in [5, 5.41) is 23.7. The van der Waals surface area contributed by atoms with Crippen molar-refractivity contribution < 1.29 is 0 Å². The summed E-state index contributed by atoms with van der Waals surface area (Å²) in [4.78, 5) is 0. The van der Waals surface area contributed by atoms with Gasteiger partial charge in [0.1, 0.15) is 6.04 Å². The van der Waals surface area contributed by atoms with Crippen LogP contribution in [0.1, 0.15) is 18.0 Å². The van der Waals surface area contributed by atoms with Gasteiger partial charge in [-0.3, -0.25) is 0 Å². The summed E-state index contributed by atoms with van der Waals surface area (Å²) in [6.45, 7) is 1.77. The molecule has 2 aliphatic rings. The van der Waals surface area contributed by atoms with Crippen molar-refractivity contribution in [3.63, 3.8) is 0 Å². The first-order chi connectivity index (χ1) is 9.26. The first-order valence-corrected chi connectivity index (χ1v) is 6.72. The van der Waals surface area contributed by atoms with Crippen molar-refractivity contribution in [2.24, 2.45) is 5.92 Å². The van der Waals surface area contributed by atoms with Crippen LogP contribution >= 0.6 is 11.6 Å². The fourth-order valence-electron chi connectivity index (χ4n) is 3.12. The molecule has 3 atom stereocenters. The van der Waals surface area contributed by atoms with E-state index in [1.54, 1.807) is 0 Å². The zero-order valence-electron chi connectivity index (χ0n) is 10.3. The van der Waals surface area contributed by atoms with Gasteiger partial charge in [-0.05, 0) is 24.1 Å². The van der Waals surface area contributed by atoms with Crippen LogP contribution in [-0.2, 0) is 0 Å². The van der Waals surface area contributed by atoms with E-state index in [1.807, 2.05) is 29.3 Å². The molecule has 2 aliphatic heterocycles. The number of hydrogen-bond acceptors (Lipinski definition) is 4. The van der Waals surface area contributed by atoms with Crippen molar-refractivity contribution >= 4 is 11.6 Å². The van der Waals surface area contributed by atoms with Crippen LogP contribution < -0.4 is 0 Å². The Balaban J connectivity index is 2.01. The van der Waals surface area contributed by atoms with Crippen molar-refractivity contribution in [2.75, 3.05) is 13.1 Å². The molecule has 1 aromatic carbocycles. The second kappa shape index (κ2) is 4.83. The van der Waals surface area contributed by atoms with Crippen molar-refractivity contribution in [3.8, 4) is 12.1 Å². The Morgan fingerprint density at radius 2 is 1.74 bits per heavy atom. The molecule has 0 N–H and O–H groups in total. The van der Waals surface area contributed by atoms with E-state index in [1.165, 1.54) is 0 Å². The van der Waals surface area contributed by atoms with Gasteiger partial charge in [-0.2, -0.15) is 10.5 Å². The molecule has 1 aromatic rings. The summed E-state index contributed by atoms with van der Waals surface area (Å²) in [7, 11) is 0. The molecule has 2 fully saturated rings. The van der Waals surface area contributed by atoms with Gasteiger partial charge in [0, 0.05) is 18.1 Å². The lowest BCUT2D eigenvalue weighted by molar-refractivity contribution is 0.0383. The highest BCUT2D eigenvalue weighted by Crippen LogP contribution is 2.43. The van der Waals surface area contributed by atoms with Crippen LogP contribution in [0.2, 0.25) is 5.02 Å². The number of hydrazine groups is 1. The van der Waals surface area contributed by atoms with E-state index < -0.39 is 0 Å². The first kappa shape index (κ1) is 12.4. The second-order valence-corrected chi connectivity index (χ2v) is 5.34. The average Bonchev–Trinajstić information content (AvgIpc) is 2.98. The van der Waals surface area contributed by atoms with Gasteiger partial charge >= 0.3 is 0 Å². The van der Waals surface area contributed by atoms with E-state index >= 15 is 0 Å². The number of halogens is 1. The molecule has 3 rings (SSSR count). The maximum absolute atomic E-state index is 9.43. The van der Waals surface area contributed by atoms with E-state index in [4.69, 9.17) is 11.6 Å². The maximum Gasteiger partial charge on any atom is 0.129 e. The zero-order chi connectivity index (χ0) is 13.4. The van der Waals surface area contributed by atoms with Crippen LogP contribution in [0.25, 0.3) is 0 Å². The summed E-state index contributed by atoms with van der Waals surface area (Å²) in [6, 6.07) is 11.8. The molecule has 96 valence electrons. The third-order valence-electron chi connectivity index (χ3n) is 3.92. The van der Waals surface area contributed by atoms with Gasteiger partial charge in [-0.1, -0.05) is 23.7 Å². The Hall–Kier alpha value is -1.59. The van der Waals surface area contributed by atoms with Crippen LogP contribution in [0, 0.1) is 28.6 Å². The smallest absolute Gasteiger partial charge is 0.129 e. The van der Waals surface area contributed by atoms with E-state index in [0.717, 1.165) is 25.1 Å². The fraction of sp³-hybridized carbons (Fsp3) is 0.429. The standard InChI is InChI=1S/C14H13ClN4/c15-11-4-2-10(3-5-11)14-12(8-16)13(9-17)18-6-1-7-19(14)18/h2-5,12-14H,1,6-7H2. The van der Waals surface area contributed by atoms with E-state index in [0.29, 0.717) is 5.02 Å². The number of fused-ring (bicyclic) bond motifs is 1. The quantitative estimate of drug-likeness (QED) is 0.787.